The molecule has 2 N–H and O–H groups in total. The molecule has 0 radical (unpaired) electrons. The fourth-order valence-corrected chi connectivity index (χ4v) is 1.65. The van der Waals surface area contributed by atoms with Crippen LogP contribution in [0.3, 0.4) is 0 Å². The molecule has 0 saturated heterocycles. The third-order valence-electron chi connectivity index (χ3n) is 1.55. The van der Waals surface area contributed by atoms with E-state index in [9.17, 15) is 4.79 Å². The van der Waals surface area contributed by atoms with Crippen molar-refractivity contribution in [1.82, 2.24) is 4.98 Å². The van der Waals surface area contributed by atoms with Gasteiger partial charge in [0.1, 0.15) is 0 Å². The van der Waals surface area contributed by atoms with E-state index in [4.69, 9.17) is 5.73 Å². The Bertz CT molecular complexity index is 478. The highest BCUT2D eigenvalue weighted by atomic mass is 32.1. The van der Waals surface area contributed by atoms with Gasteiger partial charge in [-0.1, -0.05) is 23.5 Å². The molecule has 0 spiro atoms. The minimum absolute atomic E-state index is 0.0295. The van der Waals surface area contributed by atoms with Gasteiger partial charge >= 0.3 is 0 Å². The molecule has 1 aromatic heterocycles. The van der Waals surface area contributed by atoms with Gasteiger partial charge in [0, 0.05) is 0 Å². The molecule has 2 aromatic rings. The van der Waals surface area contributed by atoms with Crippen LogP contribution in [0.1, 0.15) is 0 Å². The van der Waals surface area contributed by atoms with E-state index in [0.29, 0.717) is 16.0 Å². The molecular weight excluding hydrogens is 172 g/mol. The molecule has 0 fully saturated rings. The number of anilines is 1. The van der Waals surface area contributed by atoms with Gasteiger partial charge in [-0.25, -0.2) is 4.98 Å². The number of aromatic nitrogens is 1. The Kier molecular flexibility index (Phi) is 1.55. The summed E-state index contributed by atoms with van der Waals surface area (Å²) in [6.45, 7) is 0. The second-order valence-electron chi connectivity index (χ2n) is 2.36. The molecule has 0 atom stereocenters. The maximum atomic E-state index is 11.3. The zero-order valence-electron chi connectivity index (χ0n) is 6.15. The number of rotatable bonds is 0. The van der Waals surface area contributed by atoms with Crippen LogP contribution < -0.4 is 10.5 Å². The van der Waals surface area contributed by atoms with Crippen LogP contribution in [-0.2, 0) is 0 Å². The lowest BCUT2D eigenvalue weighted by molar-refractivity contribution is 1.47. The Labute approximate surface area is 72.5 Å². The van der Waals surface area contributed by atoms with Crippen molar-refractivity contribution < 1.29 is 0 Å². The molecule has 0 bridgehead atoms. The molecule has 2 rings (SSSR count). The molecule has 4 heteroatoms. The summed E-state index contributed by atoms with van der Waals surface area (Å²) in [5, 5.41) is 0.954. The van der Waals surface area contributed by atoms with Crippen LogP contribution in [0.2, 0.25) is 0 Å². The lowest BCUT2D eigenvalue weighted by Crippen LogP contribution is -1.99. The maximum Gasteiger partial charge on any atom is 0.245 e. The van der Waals surface area contributed by atoms with Crippen molar-refractivity contribution in [3.63, 3.8) is 0 Å². The van der Waals surface area contributed by atoms with Crippen LogP contribution in [0, 0.1) is 0 Å². The Morgan fingerprint density at radius 2 is 2.08 bits per heavy atom. The third-order valence-corrected chi connectivity index (χ3v) is 2.26. The standard InChI is InChI=1S/C8H6N2OS/c9-8-10-6-4-2-1-3-5(6)7(11)12-8/h1-4H,(H2,9,10). The summed E-state index contributed by atoms with van der Waals surface area (Å²) in [5.41, 5.74) is 6.10. The topological polar surface area (TPSA) is 56.0 Å². The van der Waals surface area contributed by atoms with Gasteiger partial charge in [0.15, 0.2) is 5.13 Å². The van der Waals surface area contributed by atoms with Gasteiger partial charge in [0.25, 0.3) is 0 Å². The van der Waals surface area contributed by atoms with Crippen molar-refractivity contribution in [2.24, 2.45) is 0 Å². The van der Waals surface area contributed by atoms with Crippen LogP contribution in [0.4, 0.5) is 5.13 Å². The molecule has 1 heterocycles. The van der Waals surface area contributed by atoms with E-state index >= 15 is 0 Å². The maximum absolute atomic E-state index is 11.3. The normalized spacial score (nSPS) is 10.3. The number of nitrogens with zero attached hydrogens (tertiary/aromatic N) is 1. The second kappa shape index (κ2) is 2.57. The fraction of sp³-hybridized carbons (Fsp3) is 0. The molecule has 60 valence electrons. The predicted octanol–water partition coefficient (Wildman–Crippen LogP) is 1.24. The van der Waals surface area contributed by atoms with Crippen molar-refractivity contribution in [2.45, 2.75) is 0 Å². The summed E-state index contributed by atoms with van der Waals surface area (Å²) >= 11 is 0.973. The van der Waals surface area contributed by atoms with Crippen molar-refractivity contribution in [1.29, 1.82) is 0 Å². The number of fused-ring (bicyclic) bond motifs is 1. The molecule has 1 aromatic carbocycles. The fourth-order valence-electron chi connectivity index (χ4n) is 1.04. The van der Waals surface area contributed by atoms with E-state index < -0.39 is 0 Å². The average molecular weight is 178 g/mol. The Balaban J connectivity index is 2.99. The third kappa shape index (κ3) is 1.06. The molecule has 12 heavy (non-hydrogen) atoms. The summed E-state index contributed by atoms with van der Waals surface area (Å²) in [6.07, 6.45) is 0. The van der Waals surface area contributed by atoms with E-state index in [1.807, 2.05) is 12.1 Å². The number of benzene rings is 1. The van der Waals surface area contributed by atoms with Crippen LogP contribution >= 0.6 is 11.3 Å². The average Bonchev–Trinajstić information content (AvgIpc) is 2.04. The van der Waals surface area contributed by atoms with Gasteiger partial charge in [0.2, 0.25) is 4.74 Å². The lowest BCUT2D eigenvalue weighted by atomic mass is 10.3. The summed E-state index contributed by atoms with van der Waals surface area (Å²) in [4.78, 5) is 15.3. The lowest BCUT2D eigenvalue weighted by Gasteiger charge is -1.94. The van der Waals surface area contributed by atoms with Gasteiger partial charge in [-0.05, 0) is 12.1 Å². The van der Waals surface area contributed by atoms with Gasteiger partial charge in [0.05, 0.1) is 10.9 Å². The molecule has 0 amide bonds. The number of hydrogen-bond acceptors (Lipinski definition) is 4. The Hall–Kier alpha value is -1.42. The van der Waals surface area contributed by atoms with E-state index in [1.54, 1.807) is 12.1 Å². The summed E-state index contributed by atoms with van der Waals surface area (Å²) < 4.78 is -0.0295. The first-order valence-electron chi connectivity index (χ1n) is 3.43. The summed E-state index contributed by atoms with van der Waals surface area (Å²) in [7, 11) is 0. The first kappa shape index (κ1) is 7.24. The quantitative estimate of drug-likeness (QED) is 0.660. The smallest absolute Gasteiger partial charge is 0.245 e. The van der Waals surface area contributed by atoms with Crippen LogP contribution in [0.25, 0.3) is 10.9 Å². The van der Waals surface area contributed by atoms with Gasteiger partial charge in [-0.15, -0.1) is 0 Å². The Morgan fingerprint density at radius 3 is 2.92 bits per heavy atom. The molecule has 0 aliphatic heterocycles. The van der Waals surface area contributed by atoms with Crippen molar-refractivity contribution in [2.75, 3.05) is 5.73 Å². The molecule has 0 aliphatic carbocycles. The molecule has 0 saturated carbocycles. The zero-order chi connectivity index (χ0) is 8.55. The summed E-state index contributed by atoms with van der Waals surface area (Å²) in [5.74, 6) is 0. The monoisotopic (exact) mass is 178 g/mol. The van der Waals surface area contributed by atoms with E-state index in [0.717, 1.165) is 11.3 Å². The largest absolute Gasteiger partial charge is 0.375 e. The van der Waals surface area contributed by atoms with Gasteiger partial charge in [-0.3, -0.25) is 4.79 Å². The number of nitrogens with two attached hydrogens (primary N) is 1. The minimum Gasteiger partial charge on any atom is -0.375 e. The molecule has 0 aliphatic rings. The van der Waals surface area contributed by atoms with Gasteiger partial charge in [-0.2, -0.15) is 0 Å². The van der Waals surface area contributed by atoms with Crippen molar-refractivity contribution >= 4 is 27.4 Å². The van der Waals surface area contributed by atoms with E-state index in [2.05, 4.69) is 4.98 Å². The van der Waals surface area contributed by atoms with Crippen molar-refractivity contribution in [3.05, 3.63) is 33.8 Å². The predicted molar refractivity (Wildman–Crippen MR) is 50.3 cm³/mol. The number of hydrogen-bond donors (Lipinski definition) is 1. The molecule has 0 unspecified atom stereocenters. The number of nitrogen functional groups attached to an aromatic ring is 1. The van der Waals surface area contributed by atoms with Gasteiger partial charge < -0.3 is 5.73 Å². The van der Waals surface area contributed by atoms with Crippen LogP contribution in [-0.4, -0.2) is 4.98 Å². The number of para-hydroxylation sites is 1. The SMILES string of the molecule is Nc1nc2ccccc2c(=O)s1. The highest BCUT2D eigenvalue weighted by Crippen LogP contribution is 2.10. The second-order valence-corrected chi connectivity index (χ2v) is 3.35. The van der Waals surface area contributed by atoms with Crippen molar-refractivity contribution in [3.8, 4) is 0 Å². The highest BCUT2D eigenvalue weighted by molar-refractivity contribution is 7.13. The first-order valence-corrected chi connectivity index (χ1v) is 4.24. The van der Waals surface area contributed by atoms with Crippen LogP contribution in [0.5, 0.6) is 0 Å². The molecular formula is C8H6N2OS. The zero-order valence-corrected chi connectivity index (χ0v) is 6.97. The first-order chi connectivity index (χ1) is 5.77. The van der Waals surface area contributed by atoms with Crippen LogP contribution in [0.15, 0.2) is 29.1 Å². The Morgan fingerprint density at radius 1 is 1.33 bits per heavy atom. The minimum atomic E-state index is -0.0295. The van der Waals surface area contributed by atoms with E-state index in [-0.39, 0.29) is 4.74 Å². The highest BCUT2D eigenvalue weighted by Gasteiger charge is 1.99. The summed E-state index contributed by atoms with van der Waals surface area (Å²) in [6, 6.07) is 7.17. The molecule has 3 nitrogen and oxygen atoms in total. The van der Waals surface area contributed by atoms with E-state index in [1.165, 1.54) is 0 Å².